The van der Waals surface area contributed by atoms with Crippen molar-refractivity contribution >= 4 is 27.5 Å². The molecule has 1 fully saturated rings. The number of nitrogens with zero attached hydrogens (tertiary/aromatic N) is 2. The third kappa shape index (κ3) is 2.22. The van der Waals surface area contributed by atoms with Gasteiger partial charge in [0.2, 0.25) is 0 Å². The van der Waals surface area contributed by atoms with E-state index in [1.165, 1.54) is 0 Å². The Morgan fingerprint density at radius 3 is 2.72 bits per heavy atom. The van der Waals surface area contributed by atoms with E-state index < -0.39 is 0 Å². The lowest BCUT2D eigenvalue weighted by Gasteiger charge is -2.07. The Balaban J connectivity index is 2.12. The van der Waals surface area contributed by atoms with E-state index in [1.54, 1.807) is 18.2 Å². The van der Waals surface area contributed by atoms with Crippen molar-refractivity contribution in [1.29, 1.82) is 0 Å². The van der Waals surface area contributed by atoms with E-state index in [1.807, 2.05) is 6.07 Å². The first-order chi connectivity index (χ1) is 8.65. The number of halogens is 2. The van der Waals surface area contributed by atoms with Crippen molar-refractivity contribution < 1.29 is 5.11 Å². The number of phenols is 1. The molecule has 92 valence electrons. The van der Waals surface area contributed by atoms with E-state index in [0.29, 0.717) is 16.9 Å². The van der Waals surface area contributed by atoms with Crippen molar-refractivity contribution in [1.82, 2.24) is 9.97 Å². The van der Waals surface area contributed by atoms with Crippen molar-refractivity contribution in [3.05, 3.63) is 39.6 Å². The van der Waals surface area contributed by atoms with Crippen molar-refractivity contribution in [2.45, 2.75) is 18.8 Å². The highest BCUT2D eigenvalue weighted by molar-refractivity contribution is 9.10. The number of rotatable bonds is 2. The maximum atomic E-state index is 9.49. The van der Waals surface area contributed by atoms with Crippen LogP contribution in [-0.2, 0) is 0 Å². The fraction of sp³-hybridized carbons (Fsp3) is 0.231. The van der Waals surface area contributed by atoms with Crippen LogP contribution in [0.4, 0.5) is 0 Å². The summed E-state index contributed by atoms with van der Waals surface area (Å²) in [5, 5.41) is 9.91. The fourth-order valence-electron chi connectivity index (χ4n) is 1.84. The van der Waals surface area contributed by atoms with Gasteiger partial charge in [-0.2, -0.15) is 0 Å². The van der Waals surface area contributed by atoms with Crippen LogP contribution in [0.15, 0.2) is 28.7 Å². The maximum Gasteiger partial charge on any atom is 0.161 e. The Bertz CT molecular complexity index is 614. The Hall–Kier alpha value is -1.13. The first kappa shape index (κ1) is 11.9. The summed E-state index contributed by atoms with van der Waals surface area (Å²) in [7, 11) is 0. The molecular formula is C13H10BrClN2O. The molecule has 5 heteroatoms. The van der Waals surface area contributed by atoms with Gasteiger partial charge in [0.15, 0.2) is 5.82 Å². The molecule has 1 heterocycles. The zero-order valence-electron chi connectivity index (χ0n) is 9.40. The molecule has 0 aliphatic heterocycles. The molecule has 18 heavy (non-hydrogen) atoms. The van der Waals surface area contributed by atoms with E-state index in [-0.39, 0.29) is 5.75 Å². The molecule has 0 amide bonds. The second kappa shape index (κ2) is 4.52. The molecule has 1 aliphatic carbocycles. The van der Waals surface area contributed by atoms with Gasteiger partial charge in [0.1, 0.15) is 10.9 Å². The van der Waals surface area contributed by atoms with E-state index in [0.717, 1.165) is 28.6 Å². The van der Waals surface area contributed by atoms with Gasteiger partial charge in [-0.25, -0.2) is 9.97 Å². The third-order valence-corrected chi connectivity index (χ3v) is 4.19. The van der Waals surface area contributed by atoms with Gasteiger partial charge in [0, 0.05) is 11.5 Å². The lowest BCUT2D eigenvalue weighted by Crippen LogP contribution is -1.97. The second-order valence-electron chi connectivity index (χ2n) is 4.36. The summed E-state index contributed by atoms with van der Waals surface area (Å²) in [6.45, 7) is 0. The SMILES string of the molecule is Oc1cccc(-c2nc(Cl)c(Br)c(C3CC3)n2)c1. The minimum absolute atomic E-state index is 0.197. The summed E-state index contributed by atoms with van der Waals surface area (Å²) < 4.78 is 0.788. The average molecular weight is 326 g/mol. The van der Waals surface area contributed by atoms with Crippen LogP contribution in [0.2, 0.25) is 5.15 Å². The van der Waals surface area contributed by atoms with Crippen LogP contribution in [0, 0.1) is 0 Å². The van der Waals surface area contributed by atoms with Crippen molar-refractivity contribution in [3.8, 4) is 17.1 Å². The highest BCUT2D eigenvalue weighted by Crippen LogP contribution is 2.44. The van der Waals surface area contributed by atoms with Crippen LogP contribution >= 0.6 is 27.5 Å². The van der Waals surface area contributed by atoms with Gasteiger partial charge in [-0.15, -0.1) is 0 Å². The summed E-state index contributed by atoms with van der Waals surface area (Å²) in [6, 6.07) is 6.87. The van der Waals surface area contributed by atoms with Crippen LogP contribution in [0.3, 0.4) is 0 Å². The molecule has 2 aromatic rings. The molecule has 1 N–H and O–H groups in total. The van der Waals surface area contributed by atoms with E-state index in [2.05, 4.69) is 25.9 Å². The number of hydrogen-bond donors (Lipinski definition) is 1. The minimum atomic E-state index is 0.197. The average Bonchev–Trinajstić information content (AvgIpc) is 3.16. The number of aromatic hydroxyl groups is 1. The minimum Gasteiger partial charge on any atom is -0.508 e. The topological polar surface area (TPSA) is 46.0 Å². The van der Waals surface area contributed by atoms with Gasteiger partial charge in [0.25, 0.3) is 0 Å². The van der Waals surface area contributed by atoms with Gasteiger partial charge >= 0.3 is 0 Å². The lowest BCUT2D eigenvalue weighted by molar-refractivity contribution is 0.475. The van der Waals surface area contributed by atoms with Crippen LogP contribution in [0.1, 0.15) is 24.5 Å². The molecule has 0 bridgehead atoms. The molecule has 1 aliphatic rings. The number of hydrogen-bond acceptors (Lipinski definition) is 3. The molecular weight excluding hydrogens is 316 g/mol. The first-order valence-corrected chi connectivity index (χ1v) is 6.84. The second-order valence-corrected chi connectivity index (χ2v) is 5.51. The highest BCUT2D eigenvalue weighted by atomic mass is 79.9. The summed E-state index contributed by atoms with van der Waals surface area (Å²) >= 11 is 9.56. The van der Waals surface area contributed by atoms with Crippen molar-refractivity contribution in [3.63, 3.8) is 0 Å². The summed E-state index contributed by atoms with van der Waals surface area (Å²) in [4.78, 5) is 8.80. The molecule has 0 spiro atoms. The van der Waals surface area contributed by atoms with E-state index >= 15 is 0 Å². The summed E-state index contributed by atoms with van der Waals surface area (Å²) in [5.74, 6) is 1.24. The Labute approximate surface area is 118 Å². The van der Waals surface area contributed by atoms with Gasteiger partial charge in [0.05, 0.1) is 10.2 Å². The van der Waals surface area contributed by atoms with Crippen LogP contribution in [-0.4, -0.2) is 15.1 Å². The fourth-order valence-corrected chi connectivity index (χ4v) is 2.52. The normalized spacial score (nSPS) is 14.8. The highest BCUT2D eigenvalue weighted by Gasteiger charge is 2.29. The summed E-state index contributed by atoms with van der Waals surface area (Å²) in [5.41, 5.74) is 1.74. The van der Waals surface area contributed by atoms with Gasteiger partial charge in [-0.05, 0) is 40.9 Å². The van der Waals surface area contributed by atoms with Crippen molar-refractivity contribution in [2.24, 2.45) is 0 Å². The molecule has 1 aromatic carbocycles. The molecule has 1 saturated carbocycles. The standard InChI is InChI=1S/C13H10BrClN2O/c14-10-11(7-4-5-7)16-13(17-12(10)15)8-2-1-3-9(18)6-8/h1-3,6-7,18H,4-5H2. The predicted molar refractivity (Wildman–Crippen MR) is 73.8 cm³/mol. The van der Waals surface area contributed by atoms with Crippen LogP contribution in [0.5, 0.6) is 5.75 Å². The quantitative estimate of drug-likeness (QED) is 0.844. The Morgan fingerprint density at radius 2 is 2.06 bits per heavy atom. The molecule has 0 atom stereocenters. The zero-order chi connectivity index (χ0) is 12.7. The molecule has 1 aromatic heterocycles. The third-order valence-electron chi connectivity index (χ3n) is 2.90. The van der Waals surface area contributed by atoms with Crippen LogP contribution < -0.4 is 0 Å². The van der Waals surface area contributed by atoms with E-state index in [4.69, 9.17) is 11.6 Å². The van der Waals surface area contributed by atoms with Crippen LogP contribution in [0.25, 0.3) is 11.4 Å². The molecule has 0 radical (unpaired) electrons. The van der Waals surface area contributed by atoms with Gasteiger partial charge in [-0.1, -0.05) is 23.7 Å². The van der Waals surface area contributed by atoms with Gasteiger partial charge in [-0.3, -0.25) is 0 Å². The smallest absolute Gasteiger partial charge is 0.161 e. The first-order valence-electron chi connectivity index (χ1n) is 5.67. The largest absolute Gasteiger partial charge is 0.508 e. The Kier molecular flexibility index (Phi) is 2.99. The molecule has 3 nitrogen and oxygen atoms in total. The maximum absolute atomic E-state index is 9.49. The monoisotopic (exact) mass is 324 g/mol. The summed E-state index contributed by atoms with van der Waals surface area (Å²) in [6.07, 6.45) is 2.29. The number of aromatic nitrogens is 2. The predicted octanol–water partition coefficient (Wildman–Crippen LogP) is 4.14. The zero-order valence-corrected chi connectivity index (χ0v) is 11.7. The Morgan fingerprint density at radius 1 is 1.28 bits per heavy atom. The van der Waals surface area contributed by atoms with E-state index in [9.17, 15) is 5.11 Å². The number of benzene rings is 1. The van der Waals surface area contributed by atoms with Crippen molar-refractivity contribution in [2.75, 3.05) is 0 Å². The molecule has 0 unspecified atom stereocenters. The molecule has 0 saturated heterocycles. The lowest BCUT2D eigenvalue weighted by atomic mass is 10.2. The van der Waals surface area contributed by atoms with Gasteiger partial charge < -0.3 is 5.11 Å². The number of phenolic OH excluding ortho intramolecular Hbond substituents is 1. The molecule has 3 rings (SSSR count).